The van der Waals surface area contributed by atoms with Gasteiger partial charge in [0.25, 0.3) is 0 Å². The number of fused-ring (bicyclic) bond motifs is 1. The van der Waals surface area contributed by atoms with Crippen molar-refractivity contribution in [3.63, 3.8) is 0 Å². The molecule has 0 aliphatic heterocycles. The van der Waals surface area contributed by atoms with E-state index in [0.29, 0.717) is 11.8 Å². The first-order valence-corrected chi connectivity index (χ1v) is 7.91. The molecule has 1 aliphatic rings. The van der Waals surface area contributed by atoms with Gasteiger partial charge in [-0.25, -0.2) is 0 Å². The second-order valence-corrected chi connectivity index (χ2v) is 5.78. The number of benzene rings is 1. The van der Waals surface area contributed by atoms with Gasteiger partial charge in [-0.1, -0.05) is 25.1 Å². The molecule has 0 spiro atoms. The molecule has 1 unspecified atom stereocenters. The number of aromatic hydroxyl groups is 1. The van der Waals surface area contributed by atoms with Crippen molar-refractivity contribution in [3.05, 3.63) is 42.0 Å². The van der Waals surface area contributed by atoms with E-state index in [1.807, 2.05) is 18.2 Å². The van der Waals surface area contributed by atoms with Gasteiger partial charge in [0.2, 0.25) is 0 Å². The summed E-state index contributed by atoms with van der Waals surface area (Å²) in [5.74, 6) is 0.481. The number of unbranched alkanes of at least 4 members (excludes halogenated alkanes) is 1. The predicted octanol–water partition coefficient (Wildman–Crippen LogP) is 3.93. The van der Waals surface area contributed by atoms with Crippen LogP contribution in [0.25, 0.3) is 0 Å². The maximum absolute atomic E-state index is 9.93. The zero-order chi connectivity index (χ0) is 14.4. The van der Waals surface area contributed by atoms with Crippen molar-refractivity contribution in [1.29, 1.82) is 0 Å². The highest BCUT2D eigenvalue weighted by Crippen LogP contribution is 2.30. The lowest BCUT2D eigenvalue weighted by molar-refractivity contribution is 0.177. The summed E-state index contributed by atoms with van der Waals surface area (Å²) in [4.78, 5) is 2.64. The molecule has 0 amide bonds. The zero-order valence-electron chi connectivity index (χ0n) is 12.6. The molecule has 1 aromatic rings. The van der Waals surface area contributed by atoms with Crippen molar-refractivity contribution in [1.82, 2.24) is 4.90 Å². The third kappa shape index (κ3) is 3.63. The van der Waals surface area contributed by atoms with Gasteiger partial charge in [0.05, 0.1) is 0 Å². The van der Waals surface area contributed by atoms with E-state index in [4.69, 9.17) is 0 Å². The third-order valence-electron chi connectivity index (χ3n) is 4.31. The lowest BCUT2D eigenvalue weighted by atomic mass is 9.86. The zero-order valence-corrected chi connectivity index (χ0v) is 12.6. The molecule has 20 heavy (non-hydrogen) atoms. The van der Waals surface area contributed by atoms with Gasteiger partial charge >= 0.3 is 0 Å². The minimum atomic E-state index is 0.481. The van der Waals surface area contributed by atoms with Crippen LogP contribution in [0.15, 0.2) is 30.9 Å². The lowest BCUT2D eigenvalue weighted by Crippen LogP contribution is -2.40. The number of phenols is 1. The van der Waals surface area contributed by atoms with Crippen LogP contribution in [0.2, 0.25) is 0 Å². The second kappa shape index (κ2) is 7.49. The van der Waals surface area contributed by atoms with Crippen LogP contribution in [-0.4, -0.2) is 29.1 Å². The van der Waals surface area contributed by atoms with Gasteiger partial charge in [-0.2, -0.15) is 0 Å². The minimum Gasteiger partial charge on any atom is -0.508 e. The van der Waals surface area contributed by atoms with E-state index in [0.717, 1.165) is 19.3 Å². The number of hydrogen-bond acceptors (Lipinski definition) is 2. The highest BCUT2D eigenvalue weighted by molar-refractivity contribution is 5.41. The second-order valence-electron chi connectivity index (χ2n) is 5.78. The van der Waals surface area contributed by atoms with E-state index in [-0.39, 0.29) is 0 Å². The van der Waals surface area contributed by atoms with Crippen LogP contribution in [0, 0.1) is 0 Å². The van der Waals surface area contributed by atoms with E-state index < -0.39 is 0 Å². The molecule has 0 saturated carbocycles. The molecule has 1 atom stereocenters. The Hall–Kier alpha value is -1.28. The normalized spacial score (nSPS) is 18.0. The molecule has 1 aromatic carbocycles. The minimum absolute atomic E-state index is 0.481. The number of rotatable bonds is 7. The Balaban J connectivity index is 2.02. The van der Waals surface area contributed by atoms with Crippen LogP contribution in [0.3, 0.4) is 0 Å². The molecule has 1 N–H and O–H groups in total. The topological polar surface area (TPSA) is 23.5 Å². The fourth-order valence-electron chi connectivity index (χ4n) is 3.28. The summed E-state index contributed by atoms with van der Waals surface area (Å²) >= 11 is 0. The maximum Gasteiger partial charge on any atom is 0.119 e. The van der Waals surface area contributed by atoms with Crippen molar-refractivity contribution in [3.8, 4) is 5.75 Å². The summed E-state index contributed by atoms with van der Waals surface area (Å²) in [6.45, 7) is 8.40. The molecule has 0 radical (unpaired) electrons. The summed E-state index contributed by atoms with van der Waals surface area (Å²) in [7, 11) is 0. The Labute approximate surface area is 123 Å². The monoisotopic (exact) mass is 273 g/mol. The van der Waals surface area contributed by atoms with Gasteiger partial charge in [0, 0.05) is 6.04 Å². The van der Waals surface area contributed by atoms with E-state index in [1.165, 1.54) is 43.5 Å². The fraction of sp³-hybridized carbons (Fsp3) is 0.556. The molecule has 110 valence electrons. The fourth-order valence-corrected chi connectivity index (χ4v) is 3.28. The smallest absolute Gasteiger partial charge is 0.119 e. The highest BCUT2D eigenvalue weighted by atomic mass is 16.3. The lowest BCUT2D eigenvalue weighted by Gasteiger charge is -2.35. The van der Waals surface area contributed by atoms with Gasteiger partial charge in [-0.3, -0.25) is 0 Å². The standard InChI is InChI=1S/C18H27NO/c1-3-5-6-13-19(12-4-2)16-10-11-17-15(14-16)8-7-9-18(17)20/h3,7-9,16,20H,1,4-6,10-14H2,2H3. The molecule has 2 heteroatoms. The van der Waals surface area contributed by atoms with Crippen LogP contribution in [0.1, 0.15) is 43.7 Å². The SMILES string of the molecule is C=CCCCN(CCC)C1CCc2c(O)cccc2C1. The molecule has 2 nitrogen and oxygen atoms in total. The maximum atomic E-state index is 9.93. The van der Waals surface area contributed by atoms with Crippen LogP contribution in [-0.2, 0) is 12.8 Å². The first kappa shape index (κ1) is 15.1. The summed E-state index contributed by atoms with van der Waals surface area (Å²) in [5.41, 5.74) is 2.51. The molecule has 0 saturated heterocycles. The van der Waals surface area contributed by atoms with E-state index in [1.54, 1.807) is 0 Å². The van der Waals surface area contributed by atoms with Crippen molar-refractivity contribution in [2.45, 2.75) is 51.5 Å². The van der Waals surface area contributed by atoms with Crippen molar-refractivity contribution < 1.29 is 5.11 Å². The van der Waals surface area contributed by atoms with Crippen molar-refractivity contribution >= 4 is 0 Å². The molecule has 0 fully saturated rings. The van der Waals surface area contributed by atoms with Gasteiger partial charge < -0.3 is 10.0 Å². The Morgan fingerprint density at radius 1 is 1.40 bits per heavy atom. The quantitative estimate of drug-likeness (QED) is 0.601. The van der Waals surface area contributed by atoms with E-state index in [9.17, 15) is 5.11 Å². The molecule has 0 bridgehead atoms. The first-order chi connectivity index (χ1) is 9.76. The van der Waals surface area contributed by atoms with Crippen LogP contribution in [0.5, 0.6) is 5.75 Å². The largest absolute Gasteiger partial charge is 0.508 e. The first-order valence-electron chi connectivity index (χ1n) is 7.91. The average molecular weight is 273 g/mol. The number of phenolic OH excluding ortho intramolecular Hbond substituents is 1. The van der Waals surface area contributed by atoms with Gasteiger partial charge in [0.15, 0.2) is 0 Å². The molecular weight excluding hydrogens is 246 g/mol. The molecule has 1 aliphatic carbocycles. The van der Waals surface area contributed by atoms with Gasteiger partial charge in [-0.15, -0.1) is 6.58 Å². The number of hydrogen-bond donors (Lipinski definition) is 1. The third-order valence-corrected chi connectivity index (χ3v) is 4.31. The number of allylic oxidation sites excluding steroid dienone is 1. The summed E-state index contributed by atoms with van der Waals surface area (Å²) < 4.78 is 0. The summed E-state index contributed by atoms with van der Waals surface area (Å²) in [6.07, 6.45) is 8.78. The highest BCUT2D eigenvalue weighted by Gasteiger charge is 2.24. The Bertz CT molecular complexity index is 441. The molecule has 0 aromatic heterocycles. The van der Waals surface area contributed by atoms with Crippen LogP contribution in [0.4, 0.5) is 0 Å². The molecule has 0 heterocycles. The number of nitrogens with zero attached hydrogens (tertiary/aromatic N) is 1. The van der Waals surface area contributed by atoms with E-state index >= 15 is 0 Å². The van der Waals surface area contributed by atoms with Crippen molar-refractivity contribution in [2.75, 3.05) is 13.1 Å². The average Bonchev–Trinajstić information content (AvgIpc) is 2.46. The van der Waals surface area contributed by atoms with E-state index in [2.05, 4.69) is 24.5 Å². The predicted molar refractivity (Wildman–Crippen MR) is 85.2 cm³/mol. The van der Waals surface area contributed by atoms with Gasteiger partial charge in [0.1, 0.15) is 5.75 Å². The Morgan fingerprint density at radius 2 is 2.25 bits per heavy atom. The van der Waals surface area contributed by atoms with Crippen LogP contribution >= 0.6 is 0 Å². The van der Waals surface area contributed by atoms with Crippen molar-refractivity contribution in [2.24, 2.45) is 0 Å². The summed E-state index contributed by atoms with van der Waals surface area (Å²) in [6, 6.07) is 6.59. The molecule has 2 rings (SSSR count). The van der Waals surface area contributed by atoms with Crippen LogP contribution < -0.4 is 0 Å². The summed E-state index contributed by atoms with van der Waals surface area (Å²) in [5, 5.41) is 9.93. The Kier molecular flexibility index (Phi) is 5.66. The van der Waals surface area contributed by atoms with Gasteiger partial charge in [-0.05, 0) is 68.8 Å². The Morgan fingerprint density at radius 3 is 3.00 bits per heavy atom. The molecular formula is C18H27NO.